The summed E-state index contributed by atoms with van der Waals surface area (Å²) in [5.41, 5.74) is 9.38. The van der Waals surface area contributed by atoms with Gasteiger partial charge in [-0.15, -0.1) is 0 Å². The molecule has 0 spiro atoms. The number of anilines is 2. The lowest BCUT2D eigenvalue weighted by Crippen LogP contribution is -2.00. The fourth-order valence-electron chi connectivity index (χ4n) is 3.01. The largest absolute Gasteiger partial charge is 0.452 e. The topological polar surface area (TPSA) is 78.0 Å². The number of hydrogen-bond donors (Lipinski definition) is 2. The first kappa shape index (κ1) is 17.2. The van der Waals surface area contributed by atoms with Crippen LogP contribution in [0, 0.1) is 6.92 Å². The van der Waals surface area contributed by atoms with Gasteiger partial charge in [0.1, 0.15) is 22.2 Å². The van der Waals surface area contributed by atoms with Crippen LogP contribution >= 0.6 is 11.6 Å². The summed E-state index contributed by atoms with van der Waals surface area (Å²) in [5.74, 6) is 1.31. The number of nitrogens with zero attached hydrogens (tertiary/aromatic N) is 3. The molecule has 0 radical (unpaired) electrons. The van der Waals surface area contributed by atoms with Crippen molar-refractivity contribution in [3.8, 4) is 17.2 Å². The third kappa shape index (κ3) is 3.04. The smallest absolute Gasteiger partial charge is 0.166 e. The van der Waals surface area contributed by atoms with Crippen molar-refractivity contribution in [2.45, 2.75) is 6.92 Å². The first-order chi connectivity index (χ1) is 13.1. The molecule has 0 aliphatic rings. The molecule has 3 aromatic heterocycles. The third-order valence-corrected chi connectivity index (χ3v) is 4.72. The van der Waals surface area contributed by atoms with E-state index in [1.807, 2.05) is 43.3 Å². The number of para-hydroxylation sites is 1. The molecule has 0 bridgehead atoms. The summed E-state index contributed by atoms with van der Waals surface area (Å²) >= 11 is 6.37. The Morgan fingerprint density at radius 2 is 1.93 bits per heavy atom. The summed E-state index contributed by atoms with van der Waals surface area (Å²) in [6.45, 7) is 2.05. The Labute approximate surface area is 161 Å². The van der Waals surface area contributed by atoms with Crippen molar-refractivity contribution < 1.29 is 4.74 Å². The number of pyridine rings is 2. The van der Waals surface area contributed by atoms with Crippen molar-refractivity contribution in [1.82, 2.24) is 14.5 Å². The highest BCUT2D eigenvalue weighted by Gasteiger charge is 2.14. The number of aromatic nitrogens is 3. The Morgan fingerprint density at radius 3 is 2.67 bits per heavy atom. The lowest BCUT2D eigenvalue weighted by Gasteiger charge is -2.12. The molecule has 0 fully saturated rings. The van der Waals surface area contributed by atoms with Gasteiger partial charge in [-0.3, -0.25) is 0 Å². The fourth-order valence-corrected chi connectivity index (χ4v) is 3.29. The van der Waals surface area contributed by atoms with Crippen molar-refractivity contribution in [2.24, 2.45) is 0 Å². The van der Waals surface area contributed by atoms with Crippen LogP contribution in [0.2, 0.25) is 5.02 Å². The molecule has 3 N–H and O–H groups in total. The highest BCUT2D eigenvalue weighted by molar-refractivity contribution is 6.35. The van der Waals surface area contributed by atoms with E-state index in [1.165, 1.54) is 6.20 Å². The summed E-state index contributed by atoms with van der Waals surface area (Å²) < 4.78 is 7.98. The van der Waals surface area contributed by atoms with Gasteiger partial charge >= 0.3 is 0 Å². The number of halogens is 1. The van der Waals surface area contributed by atoms with Crippen LogP contribution in [0.25, 0.3) is 16.7 Å². The SMILES string of the molecule is CNc1c(N)ncc(Oc2cnc3c(c2)c(C)cn3-c2ccccc2)c1Cl. The number of rotatable bonds is 4. The molecule has 27 heavy (non-hydrogen) atoms. The molecular weight excluding hydrogens is 362 g/mol. The van der Waals surface area contributed by atoms with Gasteiger partial charge in [-0.25, -0.2) is 9.97 Å². The minimum Gasteiger partial charge on any atom is -0.452 e. The molecule has 0 unspecified atom stereocenters. The van der Waals surface area contributed by atoms with Crippen LogP contribution in [0.3, 0.4) is 0 Å². The number of nitrogens with two attached hydrogens (primary N) is 1. The highest BCUT2D eigenvalue weighted by atomic mass is 35.5. The maximum Gasteiger partial charge on any atom is 0.166 e. The number of nitrogens with one attached hydrogen (secondary N) is 1. The predicted molar refractivity (Wildman–Crippen MR) is 109 cm³/mol. The molecule has 136 valence electrons. The number of hydrogen-bond acceptors (Lipinski definition) is 5. The second-order valence-electron chi connectivity index (χ2n) is 6.11. The summed E-state index contributed by atoms with van der Waals surface area (Å²) in [6, 6.07) is 12.0. The van der Waals surface area contributed by atoms with Crippen molar-refractivity contribution in [3.05, 3.63) is 65.6 Å². The Balaban J connectivity index is 1.74. The van der Waals surface area contributed by atoms with Gasteiger partial charge in [0.15, 0.2) is 5.75 Å². The van der Waals surface area contributed by atoms with Crippen LogP contribution in [0.4, 0.5) is 11.5 Å². The second kappa shape index (κ2) is 6.81. The minimum absolute atomic E-state index is 0.319. The highest BCUT2D eigenvalue weighted by Crippen LogP contribution is 2.37. The van der Waals surface area contributed by atoms with E-state index in [9.17, 15) is 0 Å². The Bertz CT molecular complexity index is 1120. The summed E-state index contributed by atoms with van der Waals surface area (Å²) in [6.07, 6.45) is 5.24. The van der Waals surface area contributed by atoms with Crippen molar-refractivity contribution in [2.75, 3.05) is 18.1 Å². The number of aryl methyl sites for hydroxylation is 1. The van der Waals surface area contributed by atoms with Crippen LogP contribution < -0.4 is 15.8 Å². The van der Waals surface area contributed by atoms with E-state index in [1.54, 1.807) is 13.2 Å². The van der Waals surface area contributed by atoms with E-state index >= 15 is 0 Å². The molecule has 7 heteroatoms. The quantitative estimate of drug-likeness (QED) is 0.532. The monoisotopic (exact) mass is 379 g/mol. The molecule has 0 aliphatic heterocycles. The van der Waals surface area contributed by atoms with Gasteiger partial charge < -0.3 is 20.4 Å². The van der Waals surface area contributed by atoms with Crippen LogP contribution in [-0.2, 0) is 0 Å². The first-order valence-electron chi connectivity index (χ1n) is 8.41. The molecule has 0 saturated heterocycles. The van der Waals surface area contributed by atoms with Gasteiger partial charge in [0.25, 0.3) is 0 Å². The molecule has 6 nitrogen and oxygen atoms in total. The Kier molecular flexibility index (Phi) is 4.33. The number of fused-ring (bicyclic) bond motifs is 1. The number of benzene rings is 1. The van der Waals surface area contributed by atoms with E-state index < -0.39 is 0 Å². The molecular formula is C20H18ClN5O. The first-order valence-corrected chi connectivity index (χ1v) is 8.79. The molecule has 4 rings (SSSR count). The molecule has 0 atom stereocenters. The molecule has 0 saturated carbocycles. The van der Waals surface area contributed by atoms with Gasteiger partial charge in [-0.05, 0) is 30.7 Å². The predicted octanol–water partition coefficient (Wildman–Crippen LogP) is 4.80. The molecule has 1 aromatic carbocycles. The van der Waals surface area contributed by atoms with E-state index in [0.717, 1.165) is 22.3 Å². The lowest BCUT2D eigenvalue weighted by atomic mass is 10.2. The summed E-state index contributed by atoms with van der Waals surface area (Å²) in [5, 5.41) is 4.31. The van der Waals surface area contributed by atoms with Crippen LogP contribution in [-0.4, -0.2) is 21.6 Å². The zero-order valence-corrected chi connectivity index (χ0v) is 15.7. The zero-order chi connectivity index (χ0) is 19.0. The fraction of sp³-hybridized carbons (Fsp3) is 0.100. The molecule has 4 aromatic rings. The average molecular weight is 380 g/mol. The van der Waals surface area contributed by atoms with Crippen molar-refractivity contribution in [3.63, 3.8) is 0 Å². The van der Waals surface area contributed by atoms with E-state index in [4.69, 9.17) is 22.1 Å². The number of ether oxygens (including phenoxy) is 1. The van der Waals surface area contributed by atoms with E-state index in [-0.39, 0.29) is 0 Å². The van der Waals surface area contributed by atoms with Crippen LogP contribution in [0.1, 0.15) is 5.56 Å². The van der Waals surface area contributed by atoms with Gasteiger partial charge in [0.05, 0.1) is 18.1 Å². The van der Waals surface area contributed by atoms with Crippen molar-refractivity contribution >= 4 is 34.1 Å². The lowest BCUT2D eigenvalue weighted by molar-refractivity contribution is 0.479. The van der Waals surface area contributed by atoms with Crippen LogP contribution in [0.15, 0.2) is 55.0 Å². The van der Waals surface area contributed by atoms with Crippen molar-refractivity contribution in [1.29, 1.82) is 0 Å². The molecule has 0 amide bonds. The van der Waals surface area contributed by atoms with Gasteiger partial charge in [-0.1, -0.05) is 29.8 Å². The second-order valence-corrected chi connectivity index (χ2v) is 6.49. The standard InChI is InChI=1S/C20H18ClN5O/c1-12-11-26(13-6-4-3-5-7-13)20-15(12)8-14(9-25-20)27-16-10-24-19(22)18(23-2)17(16)21/h3-11,23H,1-2H3,(H2,22,24). The van der Waals surface area contributed by atoms with Crippen LogP contribution in [0.5, 0.6) is 11.5 Å². The van der Waals surface area contributed by atoms with E-state index in [0.29, 0.717) is 28.0 Å². The normalized spacial score (nSPS) is 10.9. The molecule has 3 heterocycles. The average Bonchev–Trinajstić information content (AvgIpc) is 3.01. The summed E-state index contributed by atoms with van der Waals surface area (Å²) in [7, 11) is 1.73. The van der Waals surface area contributed by atoms with Gasteiger partial charge in [0, 0.05) is 24.3 Å². The maximum atomic E-state index is 6.37. The number of nitrogen functional groups attached to an aromatic ring is 1. The minimum atomic E-state index is 0.319. The Morgan fingerprint density at radius 1 is 1.15 bits per heavy atom. The third-order valence-electron chi connectivity index (χ3n) is 4.34. The summed E-state index contributed by atoms with van der Waals surface area (Å²) in [4.78, 5) is 8.71. The van der Waals surface area contributed by atoms with E-state index in [2.05, 4.69) is 26.0 Å². The van der Waals surface area contributed by atoms with Gasteiger partial charge in [0.2, 0.25) is 0 Å². The zero-order valence-electron chi connectivity index (χ0n) is 14.9. The Hall–Kier alpha value is -3.25. The molecule has 0 aliphatic carbocycles. The van der Waals surface area contributed by atoms with Gasteiger partial charge in [-0.2, -0.15) is 0 Å². The maximum absolute atomic E-state index is 6.37.